The molecule has 1 aliphatic heterocycles. The summed E-state index contributed by atoms with van der Waals surface area (Å²) in [6.45, 7) is 1.62. The van der Waals surface area contributed by atoms with Gasteiger partial charge in [0.15, 0.2) is 0 Å². The fraction of sp³-hybridized carbons (Fsp3) is 0.353. The Hall–Kier alpha value is -2.01. The van der Waals surface area contributed by atoms with Gasteiger partial charge in [0.05, 0.1) is 12.0 Å². The molecule has 22 heavy (non-hydrogen) atoms. The number of ether oxygens (including phenoxy) is 1. The number of hydrogen-bond donors (Lipinski definition) is 1. The Morgan fingerprint density at radius 2 is 1.95 bits per heavy atom. The smallest absolute Gasteiger partial charge is 0.263 e. The second-order valence-corrected chi connectivity index (χ2v) is 6.36. The van der Waals surface area contributed by atoms with Gasteiger partial charge in [-0.2, -0.15) is 0 Å². The number of methoxy groups -OCH3 is 1. The highest BCUT2D eigenvalue weighted by Crippen LogP contribution is 2.21. The number of anilines is 1. The molecule has 0 saturated carbocycles. The maximum Gasteiger partial charge on any atom is 0.263 e. The van der Waals surface area contributed by atoms with Crippen molar-refractivity contribution < 1.29 is 9.53 Å². The van der Waals surface area contributed by atoms with Gasteiger partial charge in [-0.25, -0.2) is 0 Å². The lowest BCUT2D eigenvalue weighted by atomic mass is 10.0. The largest absolute Gasteiger partial charge is 0.497 e. The molecule has 0 aliphatic carbocycles. The summed E-state index contributed by atoms with van der Waals surface area (Å²) in [4.78, 5) is 15.1. The molecular formula is C17H20N2O2S. The maximum absolute atomic E-state index is 12.3. The van der Waals surface area contributed by atoms with E-state index in [4.69, 9.17) is 4.74 Å². The molecule has 1 aromatic heterocycles. The second kappa shape index (κ2) is 6.83. The van der Waals surface area contributed by atoms with Crippen molar-refractivity contribution in [3.8, 4) is 5.75 Å². The Labute approximate surface area is 134 Å². The number of amides is 1. The molecule has 116 valence electrons. The number of rotatable bonds is 4. The third-order valence-electron chi connectivity index (χ3n) is 3.97. The van der Waals surface area contributed by atoms with E-state index in [2.05, 4.69) is 5.32 Å². The van der Waals surface area contributed by atoms with E-state index in [1.807, 2.05) is 46.7 Å². The van der Waals surface area contributed by atoms with Crippen molar-refractivity contribution in [2.45, 2.75) is 18.9 Å². The number of nitrogens with one attached hydrogen (secondary N) is 1. The zero-order valence-electron chi connectivity index (χ0n) is 12.6. The molecule has 1 aliphatic rings. The van der Waals surface area contributed by atoms with Crippen LogP contribution in [0.1, 0.15) is 22.5 Å². The quantitative estimate of drug-likeness (QED) is 0.939. The number of piperidine rings is 1. The number of nitrogens with zero attached hydrogens (tertiary/aromatic N) is 1. The van der Waals surface area contributed by atoms with E-state index >= 15 is 0 Å². The number of likely N-dealkylation sites (tertiary alicyclic amines) is 1. The molecule has 1 aromatic carbocycles. The lowest BCUT2D eigenvalue weighted by Crippen LogP contribution is -2.42. The normalized spacial score (nSPS) is 15.6. The molecule has 2 aromatic rings. The predicted octanol–water partition coefficient (Wildman–Crippen LogP) is 3.47. The number of hydrogen-bond acceptors (Lipinski definition) is 4. The summed E-state index contributed by atoms with van der Waals surface area (Å²) in [5.74, 6) is 1.03. The molecule has 2 heterocycles. The minimum absolute atomic E-state index is 0.165. The molecule has 3 rings (SSSR count). The van der Waals surface area contributed by atoms with Crippen LogP contribution in [0.2, 0.25) is 0 Å². The topological polar surface area (TPSA) is 41.6 Å². The van der Waals surface area contributed by atoms with Crippen LogP contribution in [-0.2, 0) is 0 Å². The van der Waals surface area contributed by atoms with Gasteiger partial charge < -0.3 is 15.0 Å². The van der Waals surface area contributed by atoms with Crippen molar-refractivity contribution >= 4 is 22.9 Å². The van der Waals surface area contributed by atoms with E-state index < -0.39 is 0 Å². The minimum atomic E-state index is 0.165. The Morgan fingerprint density at radius 3 is 2.55 bits per heavy atom. The molecule has 0 spiro atoms. The van der Waals surface area contributed by atoms with Crippen LogP contribution >= 0.6 is 11.3 Å². The average molecular weight is 316 g/mol. The first-order chi connectivity index (χ1) is 10.8. The summed E-state index contributed by atoms with van der Waals surface area (Å²) in [7, 11) is 1.67. The van der Waals surface area contributed by atoms with Gasteiger partial charge >= 0.3 is 0 Å². The van der Waals surface area contributed by atoms with Gasteiger partial charge in [0, 0.05) is 24.8 Å². The summed E-state index contributed by atoms with van der Waals surface area (Å²) in [6, 6.07) is 12.2. The van der Waals surface area contributed by atoms with Crippen LogP contribution in [0.5, 0.6) is 5.75 Å². The Balaban J connectivity index is 1.52. The van der Waals surface area contributed by atoms with Crippen molar-refractivity contribution in [1.29, 1.82) is 0 Å². The van der Waals surface area contributed by atoms with Crippen LogP contribution in [0.4, 0.5) is 5.69 Å². The molecule has 1 N–H and O–H groups in total. The van der Waals surface area contributed by atoms with Gasteiger partial charge in [0.2, 0.25) is 0 Å². The van der Waals surface area contributed by atoms with Crippen molar-refractivity contribution in [2.75, 3.05) is 25.5 Å². The van der Waals surface area contributed by atoms with Crippen LogP contribution in [0.3, 0.4) is 0 Å². The van der Waals surface area contributed by atoms with Crippen molar-refractivity contribution in [3.05, 3.63) is 46.7 Å². The zero-order valence-corrected chi connectivity index (χ0v) is 13.4. The van der Waals surface area contributed by atoms with Gasteiger partial charge in [0.25, 0.3) is 5.91 Å². The van der Waals surface area contributed by atoms with E-state index in [1.165, 1.54) is 11.3 Å². The summed E-state index contributed by atoms with van der Waals surface area (Å²) in [5, 5.41) is 5.49. The van der Waals surface area contributed by atoms with Crippen LogP contribution in [0.15, 0.2) is 41.8 Å². The van der Waals surface area contributed by atoms with E-state index in [9.17, 15) is 4.79 Å². The Kier molecular flexibility index (Phi) is 4.63. The molecule has 0 radical (unpaired) electrons. The van der Waals surface area contributed by atoms with E-state index in [0.29, 0.717) is 6.04 Å². The highest BCUT2D eigenvalue weighted by Gasteiger charge is 2.23. The number of carbonyl (C=O) groups is 1. The van der Waals surface area contributed by atoms with E-state index in [0.717, 1.165) is 42.2 Å². The van der Waals surface area contributed by atoms with Crippen LogP contribution < -0.4 is 10.1 Å². The van der Waals surface area contributed by atoms with Crippen molar-refractivity contribution in [1.82, 2.24) is 4.90 Å². The van der Waals surface area contributed by atoms with Gasteiger partial charge in [-0.1, -0.05) is 6.07 Å². The SMILES string of the molecule is COc1ccc(NC2CCN(C(=O)c3cccs3)CC2)cc1. The van der Waals surface area contributed by atoms with Gasteiger partial charge in [-0.05, 0) is 48.6 Å². The average Bonchev–Trinajstić information content (AvgIpc) is 3.10. The molecular weight excluding hydrogens is 296 g/mol. The molecule has 4 nitrogen and oxygen atoms in total. The first-order valence-electron chi connectivity index (χ1n) is 7.49. The fourth-order valence-corrected chi connectivity index (χ4v) is 3.40. The minimum Gasteiger partial charge on any atom is -0.497 e. The number of carbonyl (C=O) groups excluding carboxylic acids is 1. The van der Waals surface area contributed by atoms with Crippen molar-refractivity contribution in [2.24, 2.45) is 0 Å². The molecule has 0 unspecified atom stereocenters. The molecule has 1 amide bonds. The first-order valence-corrected chi connectivity index (χ1v) is 8.37. The monoisotopic (exact) mass is 316 g/mol. The molecule has 0 bridgehead atoms. The lowest BCUT2D eigenvalue weighted by molar-refractivity contribution is 0.0723. The molecule has 5 heteroatoms. The van der Waals surface area contributed by atoms with Gasteiger partial charge in [-0.15, -0.1) is 11.3 Å². The highest BCUT2D eigenvalue weighted by molar-refractivity contribution is 7.12. The van der Waals surface area contributed by atoms with Crippen LogP contribution in [-0.4, -0.2) is 37.0 Å². The van der Waals surface area contributed by atoms with Gasteiger partial charge in [-0.3, -0.25) is 4.79 Å². The van der Waals surface area contributed by atoms with Gasteiger partial charge in [0.1, 0.15) is 5.75 Å². The Morgan fingerprint density at radius 1 is 1.23 bits per heavy atom. The number of benzene rings is 1. The summed E-state index contributed by atoms with van der Waals surface area (Å²) < 4.78 is 5.16. The second-order valence-electron chi connectivity index (χ2n) is 5.42. The predicted molar refractivity (Wildman–Crippen MR) is 89.9 cm³/mol. The third kappa shape index (κ3) is 3.42. The van der Waals surface area contributed by atoms with Crippen LogP contribution in [0.25, 0.3) is 0 Å². The number of thiophene rings is 1. The fourth-order valence-electron chi connectivity index (χ4n) is 2.71. The van der Waals surface area contributed by atoms with E-state index in [-0.39, 0.29) is 5.91 Å². The molecule has 0 atom stereocenters. The Bertz CT molecular complexity index is 602. The third-order valence-corrected chi connectivity index (χ3v) is 4.83. The summed E-state index contributed by atoms with van der Waals surface area (Å²) in [5.41, 5.74) is 1.10. The summed E-state index contributed by atoms with van der Waals surface area (Å²) >= 11 is 1.51. The van der Waals surface area contributed by atoms with Crippen LogP contribution in [0, 0.1) is 0 Å². The highest BCUT2D eigenvalue weighted by atomic mass is 32.1. The van der Waals surface area contributed by atoms with E-state index in [1.54, 1.807) is 7.11 Å². The zero-order chi connectivity index (χ0) is 15.4. The maximum atomic E-state index is 12.3. The molecule has 1 fully saturated rings. The first kappa shape index (κ1) is 14.9. The molecule has 1 saturated heterocycles. The standard InChI is InChI=1S/C17H20N2O2S/c1-21-15-6-4-13(5-7-15)18-14-8-10-19(11-9-14)17(20)16-3-2-12-22-16/h2-7,12,14,18H,8-11H2,1H3. The summed E-state index contributed by atoms with van der Waals surface area (Å²) in [6.07, 6.45) is 1.95. The van der Waals surface area contributed by atoms with Crippen molar-refractivity contribution in [3.63, 3.8) is 0 Å². The lowest BCUT2D eigenvalue weighted by Gasteiger charge is -2.32.